The molecule has 0 amide bonds. The molecule has 1 saturated carbocycles. The molecule has 0 saturated heterocycles. The number of rotatable bonds is 2. The Kier molecular flexibility index (Phi) is 2.30. The molecule has 4 nitrogen and oxygen atoms in total. The molecule has 16 heavy (non-hydrogen) atoms. The van der Waals surface area contributed by atoms with Crippen molar-refractivity contribution in [1.82, 2.24) is 0 Å². The van der Waals surface area contributed by atoms with Crippen molar-refractivity contribution >= 4 is 9.84 Å². The molecule has 0 aliphatic heterocycles. The van der Waals surface area contributed by atoms with Crippen molar-refractivity contribution in [2.24, 2.45) is 5.73 Å². The highest BCUT2D eigenvalue weighted by Crippen LogP contribution is 2.41. The molecule has 2 N–H and O–H groups in total. The van der Waals surface area contributed by atoms with Crippen LogP contribution in [-0.2, 0) is 9.84 Å². The average molecular weight is 236 g/mol. The second kappa shape index (κ2) is 3.30. The predicted octanol–water partition coefficient (Wildman–Crippen LogP) is 0.762. The first-order valence-corrected chi connectivity index (χ1v) is 6.45. The van der Waals surface area contributed by atoms with Gasteiger partial charge in [0.2, 0.25) is 0 Å². The van der Waals surface area contributed by atoms with Crippen LogP contribution < -0.4 is 5.73 Å². The van der Waals surface area contributed by atoms with Gasteiger partial charge in [-0.3, -0.25) is 0 Å². The summed E-state index contributed by atoms with van der Waals surface area (Å²) in [5, 5.41) is 7.99. The third kappa shape index (κ3) is 1.60. The normalized spacial score (nSPS) is 28.4. The number of hydrogen-bond acceptors (Lipinski definition) is 4. The zero-order valence-electron chi connectivity index (χ0n) is 8.84. The van der Waals surface area contributed by atoms with E-state index in [2.05, 4.69) is 0 Å². The zero-order chi connectivity index (χ0) is 12.0. The van der Waals surface area contributed by atoms with Crippen LogP contribution in [0.4, 0.5) is 0 Å². The molecule has 2 atom stereocenters. The maximum Gasteiger partial charge on any atom is 0.184 e. The van der Waals surface area contributed by atoms with Gasteiger partial charge in [-0.15, -0.1) is 0 Å². The van der Waals surface area contributed by atoms with Crippen LogP contribution in [0.5, 0.6) is 0 Å². The van der Waals surface area contributed by atoms with Gasteiger partial charge in [-0.2, -0.15) is 5.26 Å². The van der Waals surface area contributed by atoms with Crippen LogP contribution in [0.2, 0.25) is 0 Å². The summed E-state index contributed by atoms with van der Waals surface area (Å²) >= 11 is 0. The molecular weight excluding hydrogens is 224 g/mol. The van der Waals surface area contributed by atoms with Crippen LogP contribution >= 0.6 is 0 Å². The zero-order valence-corrected chi connectivity index (χ0v) is 9.66. The molecular formula is C11H12N2O2S. The van der Waals surface area contributed by atoms with Crippen molar-refractivity contribution in [3.63, 3.8) is 0 Å². The molecule has 1 aromatic rings. The Hall–Kier alpha value is -1.38. The van der Waals surface area contributed by atoms with Crippen molar-refractivity contribution in [3.05, 3.63) is 29.8 Å². The predicted molar refractivity (Wildman–Crippen MR) is 59.3 cm³/mol. The Labute approximate surface area is 94.6 Å². The van der Waals surface area contributed by atoms with Gasteiger partial charge in [-0.05, 0) is 25.5 Å². The smallest absolute Gasteiger partial charge is 0.184 e. The Morgan fingerprint density at radius 3 is 2.44 bits per heavy atom. The third-order valence-corrected chi connectivity index (χ3v) is 5.14. The summed E-state index contributed by atoms with van der Waals surface area (Å²) in [6.45, 7) is 1.88. The van der Waals surface area contributed by atoms with Crippen molar-refractivity contribution in [2.45, 2.75) is 29.0 Å². The second-order valence-electron chi connectivity index (χ2n) is 4.20. The second-order valence-corrected chi connectivity index (χ2v) is 6.33. The van der Waals surface area contributed by atoms with Gasteiger partial charge in [0, 0.05) is 0 Å². The van der Waals surface area contributed by atoms with Gasteiger partial charge < -0.3 is 5.73 Å². The summed E-state index contributed by atoms with van der Waals surface area (Å²) in [7, 11) is -3.45. The highest BCUT2D eigenvalue weighted by atomic mass is 32.2. The molecule has 0 aromatic heterocycles. The number of nitriles is 1. The van der Waals surface area contributed by atoms with E-state index in [0.29, 0.717) is 0 Å². The van der Waals surface area contributed by atoms with Crippen LogP contribution in [0.1, 0.15) is 12.0 Å². The van der Waals surface area contributed by atoms with E-state index < -0.39 is 20.6 Å². The molecule has 1 fully saturated rings. The van der Waals surface area contributed by atoms with Gasteiger partial charge in [0.1, 0.15) is 10.8 Å². The van der Waals surface area contributed by atoms with Crippen molar-refractivity contribution < 1.29 is 8.42 Å². The highest BCUT2D eigenvalue weighted by Gasteiger charge is 2.60. The minimum atomic E-state index is -3.45. The number of nitrogens with zero attached hydrogens (tertiary/aromatic N) is 1. The molecule has 0 spiro atoms. The first kappa shape index (κ1) is 11.1. The van der Waals surface area contributed by atoms with Crippen molar-refractivity contribution in [3.8, 4) is 6.07 Å². The fourth-order valence-electron chi connectivity index (χ4n) is 1.64. The Bertz CT molecular complexity index is 557. The first-order valence-electron chi connectivity index (χ1n) is 4.91. The molecule has 0 heterocycles. The number of aryl methyl sites for hydroxylation is 1. The number of sulfone groups is 1. The van der Waals surface area contributed by atoms with E-state index in [4.69, 9.17) is 11.0 Å². The van der Waals surface area contributed by atoms with E-state index in [1.807, 2.05) is 13.0 Å². The molecule has 0 bridgehead atoms. The lowest BCUT2D eigenvalue weighted by molar-refractivity contribution is 0.592. The van der Waals surface area contributed by atoms with E-state index in [1.54, 1.807) is 24.3 Å². The molecule has 1 aliphatic rings. The standard InChI is InChI=1S/C11H12N2O2S/c1-8-2-4-9(5-3-8)16(14,15)10-6-11(10,13)7-12/h2-5,10H,6,13H2,1H3. The maximum atomic E-state index is 12.0. The fourth-order valence-corrected chi connectivity index (χ4v) is 3.59. The molecule has 2 unspecified atom stereocenters. The minimum absolute atomic E-state index is 0.222. The highest BCUT2D eigenvalue weighted by molar-refractivity contribution is 7.92. The monoisotopic (exact) mass is 236 g/mol. The van der Waals surface area contributed by atoms with Gasteiger partial charge in [0.15, 0.2) is 9.84 Å². The van der Waals surface area contributed by atoms with E-state index in [9.17, 15) is 8.42 Å². The summed E-state index contributed by atoms with van der Waals surface area (Å²) in [5.41, 5.74) is 5.41. The maximum absolute atomic E-state index is 12.0. The van der Waals surface area contributed by atoms with E-state index >= 15 is 0 Å². The fraction of sp³-hybridized carbons (Fsp3) is 0.364. The van der Waals surface area contributed by atoms with E-state index in [0.717, 1.165) is 5.56 Å². The SMILES string of the molecule is Cc1ccc(S(=O)(=O)C2CC2(N)C#N)cc1. The number of hydrogen-bond donors (Lipinski definition) is 1. The summed E-state index contributed by atoms with van der Waals surface area (Å²) in [6, 6.07) is 8.44. The average Bonchev–Trinajstić information content (AvgIpc) is 2.93. The van der Waals surface area contributed by atoms with Crippen LogP contribution in [0.25, 0.3) is 0 Å². The molecule has 1 aromatic carbocycles. The Morgan fingerprint density at radius 1 is 1.44 bits per heavy atom. The number of benzene rings is 1. The van der Waals surface area contributed by atoms with Gasteiger partial charge in [-0.1, -0.05) is 17.7 Å². The van der Waals surface area contributed by atoms with Gasteiger partial charge in [-0.25, -0.2) is 8.42 Å². The quantitative estimate of drug-likeness (QED) is 0.821. The first-order chi connectivity index (χ1) is 7.40. The molecule has 0 radical (unpaired) electrons. The van der Waals surface area contributed by atoms with Crippen LogP contribution in [0.15, 0.2) is 29.2 Å². The Balaban J connectivity index is 2.36. The Morgan fingerprint density at radius 2 is 2.00 bits per heavy atom. The van der Waals surface area contributed by atoms with Gasteiger partial charge >= 0.3 is 0 Å². The molecule has 2 rings (SSSR count). The summed E-state index contributed by atoms with van der Waals surface area (Å²) < 4.78 is 24.1. The van der Waals surface area contributed by atoms with Crippen LogP contribution in [0.3, 0.4) is 0 Å². The summed E-state index contributed by atoms with van der Waals surface area (Å²) in [4.78, 5) is 0.241. The largest absolute Gasteiger partial charge is 0.312 e. The van der Waals surface area contributed by atoms with E-state index in [1.165, 1.54) is 0 Å². The topological polar surface area (TPSA) is 83.9 Å². The lowest BCUT2D eigenvalue weighted by atomic mass is 10.2. The van der Waals surface area contributed by atoms with Crippen LogP contribution in [0, 0.1) is 18.3 Å². The molecule has 84 valence electrons. The lowest BCUT2D eigenvalue weighted by Gasteiger charge is -2.05. The lowest BCUT2D eigenvalue weighted by Crippen LogP contribution is -2.28. The minimum Gasteiger partial charge on any atom is -0.312 e. The summed E-state index contributed by atoms with van der Waals surface area (Å²) in [6.07, 6.45) is 0.222. The van der Waals surface area contributed by atoms with Crippen LogP contribution in [-0.4, -0.2) is 19.2 Å². The number of nitrogens with two attached hydrogens (primary N) is 1. The van der Waals surface area contributed by atoms with Gasteiger partial charge in [0.05, 0.1) is 11.0 Å². The van der Waals surface area contributed by atoms with Gasteiger partial charge in [0.25, 0.3) is 0 Å². The van der Waals surface area contributed by atoms with E-state index in [-0.39, 0.29) is 11.3 Å². The van der Waals surface area contributed by atoms with Crippen molar-refractivity contribution in [2.75, 3.05) is 0 Å². The molecule has 5 heteroatoms. The summed E-state index contributed by atoms with van der Waals surface area (Å²) in [5.74, 6) is 0. The van der Waals surface area contributed by atoms with Crippen molar-refractivity contribution in [1.29, 1.82) is 5.26 Å². The third-order valence-electron chi connectivity index (χ3n) is 2.87. The molecule has 1 aliphatic carbocycles.